The molecule has 0 saturated carbocycles. The second kappa shape index (κ2) is 5.21. The first kappa shape index (κ1) is 9.41. The van der Waals surface area contributed by atoms with E-state index in [1.165, 1.54) is 0 Å². The van der Waals surface area contributed by atoms with Crippen LogP contribution in [-0.4, -0.2) is 5.78 Å². The minimum absolute atomic E-state index is 0.247. The number of carbonyl (C=O) groups excluding carboxylic acids is 1. The molecule has 1 nitrogen and oxygen atoms in total. The molecule has 1 heteroatoms. The van der Waals surface area contributed by atoms with E-state index in [0.29, 0.717) is 12.3 Å². The number of ketones is 1. The molecule has 58 valence electrons. The van der Waals surface area contributed by atoms with Gasteiger partial charge in [-0.25, -0.2) is 0 Å². The third kappa shape index (κ3) is 5.54. The molecule has 0 atom stereocenters. The summed E-state index contributed by atoms with van der Waals surface area (Å²) in [5, 5.41) is 0. The lowest BCUT2D eigenvalue weighted by atomic mass is 10.1. The fourth-order valence-electron chi connectivity index (χ4n) is 0.720. The second-order valence-electron chi connectivity index (χ2n) is 2.87. The molecule has 0 radical (unpaired) electrons. The fraction of sp³-hybridized carbons (Fsp3) is 0.667. The smallest absolute Gasteiger partial charge is 0.155 e. The highest BCUT2D eigenvalue weighted by Crippen LogP contribution is 2.00. The largest absolute Gasteiger partial charge is 0.295 e. The first-order valence-corrected chi connectivity index (χ1v) is 3.86. The maximum absolute atomic E-state index is 10.9. The lowest BCUT2D eigenvalue weighted by molar-refractivity contribution is -0.115. The second-order valence-corrected chi connectivity index (χ2v) is 2.87. The Morgan fingerprint density at radius 1 is 1.50 bits per heavy atom. The zero-order chi connectivity index (χ0) is 7.98. The van der Waals surface area contributed by atoms with Gasteiger partial charge in [0.25, 0.3) is 0 Å². The van der Waals surface area contributed by atoms with Crippen molar-refractivity contribution in [2.24, 2.45) is 5.92 Å². The molecule has 0 aromatic carbocycles. The summed E-state index contributed by atoms with van der Waals surface area (Å²) >= 11 is 0. The van der Waals surface area contributed by atoms with Crippen LogP contribution in [0.3, 0.4) is 0 Å². The van der Waals surface area contributed by atoms with Crippen LogP contribution in [0.2, 0.25) is 0 Å². The highest BCUT2D eigenvalue weighted by atomic mass is 16.1. The maximum Gasteiger partial charge on any atom is 0.155 e. The zero-order valence-electron chi connectivity index (χ0n) is 7.05. The van der Waals surface area contributed by atoms with Gasteiger partial charge in [0.2, 0.25) is 0 Å². The van der Waals surface area contributed by atoms with E-state index >= 15 is 0 Å². The molecule has 0 aromatic rings. The lowest BCUT2D eigenvalue weighted by Crippen LogP contribution is -1.97. The van der Waals surface area contributed by atoms with Gasteiger partial charge in [-0.1, -0.05) is 26.8 Å². The molecular weight excluding hydrogens is 124 g/mol. The number of allylic oxidation sites excluding steroid dienone is 2. The van der Waals surface area contributed by atoms with Crippen molar-refractivity contribution >= 4 is 5.78 Å². The molecule has 0 aliphatic carbocycles. The van der Waals surface area contributed by atoms with E-state index in [1.54, 1.807) is 6.08 Å². The maximum atomic E-state index is 10.9. The average molecular weight is 140 g/mol. The van der Waals surface area contributed by atoms with E-state index in [1.807, 2.05) is 13.0 Å². The van der Waals surface area contributed by atoms with Crippen LogP contribution in [0.5, 0.6) is 0 Å². The van der Waals surface area contributed by atoms with Crippen molar-refractivity contribution in [3.05, 3.63) is 12.2 Å². The fourth-order valence-corrected chi connectivity index (χ4v) is 0.720. The first-order chi connectivity index (χ1) is 4.66. The van der Waals surface area contributed by atoms with E-state index < -0.39 is 0 Å². The van der Waals surface area contributed by atoms with E-state index in [0.717, 1.165) is 6.42 Å². The van der Waals surface area contributed by atoms with Crippen molar-refractivity contribution in [1.29, 1.82) is 0 Å². The number of carbonyl (C=O) groups is 1. The molecular formula is C9H16O. The quantitative estimate of drug-likeness (QED) is 0.548. The molecule has 0 spiro atoms. The van der Waals surface area contributed by atoms with Crippen molar-refractivity contribution < 1.29 is 4.79 Å². The lowest BCUT2D eigenvalue weighted by Gasteiger charge is -1.97. The predicted molar refractivity (Wildman–Crippen MR) is 43.9 cm³/mol. The molecule has 0 bridgehead atoms. The van der Waals surface area contributed by atoms with Gasteiger partial charge in [-0.3, -0.25) is 4.79 Å². The number of hydrogen-bond acceptors (Lipinski definition) is 1. The molecule has 0 aromatic heterocycles. The van der Waals surface area contributed by atoms with Crippen LogP contribution in [0.15, 0.2) is 12.2 Å². The first-order valence-electron chi connectivity index (χ1n) is 3.86. The summed E-state index contributed by atoms with van der Waals surface area (Å²) in [5.74, 6) is 0.728. The Bertz CT molecular complexity index is 123. The van der Waals surface area contributed by atoms with E-state index in [9.17, 15) is 4.79 Å². The monoisotopic (exact) mass is 140 g/mol. The molecule has 10 heavy (non-hydrogen) atoms. The Morgan fingerprint density at radius 3 is 2.50 bits per heavy atom. The summed E-state index contributed by atoms with van der Waals surface area (Å²) in [6, 6.07) is 0. The molecule has 0 aliphatic rings. The van der Waals surface area contributed by atoms with Crippen LogP contribution < -0.4 is 0 Å². The minimum atomic E-state index is 0.247. The van der Waals surface area contributed by atoms with Gasteiger partial charge in [-0.2, -0.15) is 0 Å². The van der Waals surface area contributed by atoms with Crippen molar-refractivity contribution in [2.75, 3.05) is 0 Å². The Kier molecular flexibility index (Phi) is 4.91. The zero-order valence-corrected chi connectivity index (χ0v) is 7.05. The van der Waals surface area contributed by atoms with Gasteiger partial charge in [0.1, 0.15) is 0 Å². The van der Waals surface area contributed by atoms with Gasteiger partial charge in [-0.05, 0) is 18.4 Å². The Hall–Kier alpha value is -0.590. The minimum Gasteiger partial charge on any atom is -0.295 e. The summed E-state index contributed by atoms with van der Waals surface area (Å²) < 4.78 is 0. The summed E-state index contributed by atoms with van der Waals surface area (Å²) in [6.07, 6.45) is 5.21. The normalized spacial score (nSPS) is 11.2. The van der Waals surface area contributed by atoms with Crippen molar-refractivity contribution in [3.63, 3.8) is 0 Å². The topological polar surface area (TPSA) is 17.1 Å². The Labute approximate surface area is 63.1 Å². The number of rotatable bonds is 4. The predicted octanol–water partition coefficient (Wildman–Crippen LogP) is 2.57. The summed E-state index contributed by atoms with van der Waals surface area (Å²) in [5.41, 5.74) is 0. The van der Waals surface area contributed by atoms with E-state index in [-0.39, 0.29) is 5.78 Å². The van der Waals surface area contributed by atoms with E-state index in [2.05, 4.69) is 13.8 Å². The van der Waals surface area contributed by atoms with Crippen molar-refractivity contribution in [3.8, 4) is 0 Å². The van der Waals surface area contributed by atoms with Gasteiger partial charge in [-0.15, -0.1) is 0 Å². The van der Waals surface area contributed by atoms with Gasteiger partial charge in [0.15, 0.2) is 5.78 Å². The summed E-state index contributed by atoms with van der Waals surface area (Å²) in [7, 11) is 0. The Balaban J connectivity index is 3.54. The number of hydrogen-bond donors (Lipinski definition) is 0. The SMILES string of the molecule is CC/C=C/C(=O)CC(C)C. The molecule has 0 amide bonds. The molecule has 0 N–H and O–H groups in total. The van der Waals surface area contributed by atoms with Crippen LogP contribution in [0.4, 0.5) is 0 Å². The highest BCUT2D eigenvalue weighted by Gasteiger charge is 1.98. The molecule has 0 rings (SSSR count). The average Bonchev–Trinajstić information content (AvgIpc) is 1.82. The molecule has 0 heterocycles. The molecule has 0 saturated heterocycles. The Morgan fingerprint density at radius 2 is 2.10 bits per heavy atom. The van der Waals surface area contributed by atoms with Crippen LogP contribution >= 0.6 is 0 Å². The van der Waals surface area contributed by atoms with Gasteiger partial charge in [0.05, 0.1) is 0 Å². The van der Waals surface area contributed by atoms with Crippen LogP contribution in [0.1, 0.15) is 33.6 Å². The summed E-state index contributed by atoms with van der Waals surface area (Å²) in [6.45, 7) is 6.13. The van der Waals surface area contributed by atoms with Gasteiger partial charge < -0.3 is 0 Å². The molecule has 0 unspecified atom stereocenters. The van der Waals surface area contributed by atoms with Crippen LogP contribution in [0.25, 0.3) is 0 Å². The highest BCUT2D eigenvalue weighted by molar-refractivity contribution is 5.89. The van der Waals surface area contributed by atoms with Gasteiger partial charge in [0, 0.05) is 6.42 Å². The standard InChI is InChI=1S/C9H16O/c1-4-5-6-9(10)7-8(2)3/h5-6,8H,4,7H2,1-3H3/b6-5+. The third-order valence-corrected chi connectivity index (χ3v) is 1.15. The van der Waals surface area contributed by atoms with Crippen molar-refractivity contribution in [1.82, 2.24) is 0 Å². The van der Waals surface area contributed by atoms with Crippen molar-refractivity contribution in [2.45, 2.75) is 33.6 Å². The van der Waals surface area contributed by atoms with Gasteiger partial charge >= 0.3 is 0 Å². The summed E-state index contributed by atoms with van der Waals surface area (Å²) in [4.78, 5) is 10.9. The van der Waals surface area contributed by atoms with E-state index in [4.69, 9.17) is 0 Å². The third-order valence-electron chi connectivity index (χ3n) is 1.15. The van der Waals surface area contributed by atoms with Crippen LogP contribution in [-0.2, 0) is 4.79 Å². The molecule has 0 aliphatic heterocycles. The van der Waals surface area contributed by atoms with Crippen LogP contribution in [0, 0.1) is 5.92 Å². The molecule has 0 fully saturated rings.